The lowest BCUT2D eigenvalue weighted by Gasteiger charge is -2.59. The Bertz CT molecular complexity index is 1780. The maximum absolute atomic E-state index is 14.3. The van der Waals surface area contributed by atoms with E-state index >= 15 is 0 Å². The van der Waals surface area contributed by atoms with Crippen LogP contribution in [0.2, 0.25) is 0 Å². The number of aromatic hydroxyl groups is 1. The first kappa shape index (κ1) is 33.0. The highest BCUT2D eigenvalue weighted by Gasteiger charge is 2.71. The fourth-order valence-corrected chi connectivity index (χ4v) is 8.44. The predicted octanol–water partition coefficient (Wildman–Crippen LogP) is 5.49. The average Bonchev–Trinajstić information content (AvgIpc) is 2.94. The van der Waals surface area contributed by atoms with Crippen LogP contribution >= 0.6 is 0 Å². The van der Waals surface area contributed by atoms with Gasteiger partial charge in [0.05, 0.1) is 5.56 Å². The number of carbonyl (C=O) groups is 5. The van der Waals surface area contributed by atoms with Crippen LogP contribution in [0.15, 0.2) is 59.1 Å². The maximum Gasteiger partial charge on any atom is 0.209 e. The van der Waals surface area contributed by atoms with Crippen molar-refractivity contribution in [1.82, 2.24) is 0 Å². The zero-order chi connectivity index (χ0) is 34.1. The van der Waals surface area contributed by atoms with Crippen molar-refractivity contribution in [2.45, 2.75) is 79.2 Å². The third-order valence-electron chi connectivity index (χ3n) is 10.3. The lowest BCUT2D eigenvalue weighted by Crippen LogP contribution is -2.67. The highest BCUT2D eigenvalue weighted by Crippen LogP contribution is 2.65. The van der Waals surface area contributed by atoms with Crippen LogP contribution in [0.4, 0.5) is 0 Å². The van der Waals surface area contributed by atoms with E-state index in [4.69, 9.17) is 0 Å². The van der Waals surface area contributed by atoms with Crippen molar-refractivity contribution >= 4 is 28.9 Å². The van der Waals surface area contributed by atoms with Crippen LogP contribution in [0.3, 0.4) is 0 Å². The van der Waals surface area contributed by atoms with Gasteiger partial charge in [0, 0.05) is 41.6 Å². The molecule has 0 aliphatic heterocycles. The number of carbonyl (C=O) groups excluding carboxylic acids is 5. The summed E-state index contributed by atoms with van der Waals surface area (Å²) >= 11 is 0. The van der Waals surface area contributed by atoms with Crippen molar-refractivity contribution in [1.29, 1.82) is 0 Å². The lowest BCUT2D eigenvalue weighted by atomic mass is 9.44. The number of allylic oxidation sites excluding steroid dienone is 2. The highest BCUT2D eigenvalue weighted by atomic mass is 16.3. The van der Waals surface area contributed by atoms with E-state index in [-0.39, 0.29) is 66.5 Å². The number of hydrogen-bond donors (Lipinski definition) is 4. The van der Waals surface area contributed by atoms with Crippen molar-refractivity contribution < 1.29 is 44.4 Å². The molecule has 0 amide bonds. The summed E-state index contributed by atoms with van der Waals surface area (Å²) in [5.74, 6) is -5.62. The lowest BCUT2D eigenvalue weighted by molar-refractivity contribution is -0.171. The van der Waals surface area contributed by atoms with Gasteiger partial charge in [0.1, 0.15) is 34.4 Å². The van der Waals surface area contributed by atoms with E-state index in [0.717, 1.165) is 18.1 Å². The van der Waals surface area contributed by atoms with E-state index in [1.54, 1.807) is 45.9 Å². The number of Topliss-reactive ketones (excluding diaryl/α,β-unsaturated/α-hetero) is 5. The third-order valence-corrected chi connectivity index (χ3v) is 10.3. The fraction of sp³-hybridized carbons (Fsp3) is 0.432. The molecular formula is C37H40O9. The fourth-order valence-electron chi connectivity index (χ4n) is 8.44. The van der Waals surface area contributed by atoms with Gasteiger partial charge in [0.25, 0.3) is 0 Å². The van der Waals surface area contributed by atoms with Crippen LogP contribution in [-0.2, 0) is 32.0 Å². The molecule has 4 atom stereocenters. The van der Waals surface area contributed by atoms with E-state index in [0.29, 0.717) is 11.1 Å². The molecule has 0 fully saturated rings. The number of phenolic OH excluding ortho intramolecular Hbond substituents is 1. The second-order valence-corrected chi connectivity index (χ2v) is 14.1. The van der Waals surface area contributed by atoms with E-state index in [1.807, 2.05) is 12.1 Å². The Morgan fingerprint density at radius 1 is 0.935 bits per heavy atom. The van der Waals surface area contributed by atoms with Gasteiger partial charge in [0.15, 0.2) is 17.2 Å². The second kappa shape index (κ2) is 11.2. The largest absolute Gasteiger partial charge is 0.511 e. The van der Waals surface area contributed by atoms with Gasteiger partial charge in [-0.2, -0.15) is 0 Å². The second-order valence-electron chi connectivity index (χ2n) is 14.1. The smallest absolute Gasteiger partial charge is 0.209 e. The summed E-state index contributed by atoms with van der Waals surface area (Å²) in [6.45, 7) is 9.48. The topological polar surface area (TPSA) is 166 Å². The molecule has 0 heterocycles. The highest BCUT2D eigenvalue weighted by molar-refractivity contribution is 6.25. The van der Waals surface area contributed by atoms with Crippen LogP contribution in [0.5, 0.6) is 5.75 Å². The molecule has 5 rings (SSSR count). The molecule has 1 unspecified atom stereocenters. The number of aliphatic hydroxyl groups excluding tert-OH is 2. The number of ketones is 5. The maximum atomic E-state index is 14.3. The Kier molecular flexibility index (Phi) is 8.00. The van der Waals surface area contributed by atoms with Crippen LogP contribution in [0.1, 0.15) is 82.3 Å². The molecule has 4 N–H and O–H groups in total. The molecule has 2 aromatic carbocycles. The summed E-state index contributed by atoms with van der Waals surface area (Å²) < 4.78 is 0. The molecule has 0 bridgehead atoms. The van der Waals surface area contributed by atoms with Gasteiger partial charge in [-0.1, -0.05) is 58.0 Å². The zero-order valence-corrected chi connectivity index (χ0v) is 27.0. The molecule has 0 aromatic heterocycles. The first-order valence-electron chi connectivity index (χ1n) is 15.5. The van der Waals surface area contributed by atoms with E-state index in [2.05, 4.69) is 0 Å². The molecule has 3 aliphatic rings. The van der Waals surface area contributed by atoms with Gasteiger partial charge >= 0.3 is 0 Å². The number of aliphatic hydroxyl groups is 3. The third kappa shape index (κ3) is 4.75. The molecule has 0 spiro atoms. The Balaban J connectivity index is 1.63. The minimum Gasteiger partial charge on any atom is -0.511 e. The standard InChI is InChI=1S/C37H40O9/c1-18(2)29-31(42)27(20(4)39)33(44)37(46)34(45)30-32(43)28-25(16-35(30,5)17-36(29,37)6)24(13-14-26(28)41)22-10-8-21(9-11-22)15-23(40)12-7-19(3)38/h8-11,13-14,18,29,41-42,45-46H,7,12,15-17H2,1-6H3/t29?,35-,36-,37+/m1/s1. The summed E-state index contributed by atoms with van der Waals surface area (Å²) in [5, 5.41) is 46.3. The van der Waals surface area contributed by atoms with E-state index in [9.17, 15) is 44.4 Å². The Morgan fingerprint density at radius 3 is 2.13 bits per heavy atom. The summed E-state index contributed by atoms with van der Waals surface area (Å²) in [7, 11) is 0. The molecule has 9 heteroatoms. The molecule has 9 nitrogen and oxygen atoms in total. The average molecular weight is 629 g/mol. The van der Waals surface area contributed by atoms with Crippen molar-refractivity contribution in [3.8, 4) is 16.9 Å². The van der Waals surface area contributed by atoms with Gasteiger partial charge in [0.2, 0.25) is 5.78 Å². The molecule has 3 aliphatic carbocycles. The summed E-state index contributed by atoms with van der Waals surface area (Å²) in [6.07, 6.45) is 0.701. The van der Waals surface area contributed by atoms with Gasteiger partial charge < -0.3 is 25.2 Å². The van der Waals surface area contributed by atoms with Crippen molar-refractivity contribution in [3.63, 3.8) is 0 Å². The summed E-state index contributed by atoms with van der Waals surface area (Å²) in [5.41, 5.74) is -3.48. The molecule has 0 saturated carbocycles. The van der Waals surface area contributed by atoms with Gasteiger partial charge in [-0.25, -0.2) is 0 Å². The SMILES string of the molecule is CC(=O)CCC(=O)Cc1ccc(-c2ccc(O)c3c2C[C@]2(C)C[C@]4(C)C(C(C)C)C(O)=C(C(C)=O)C(=O)[C@]4(O)C(O)=C2C3=O)cc1. The van der Waals surface area contributed by atoms with E-state index < -0.39 is 56.8 Å². The minimum absolute atomic E-state index is 0.00130. The normalized spacial score (nSPS) is 27.3. The summed E-state index contributed by atoms with van der Waals surface area (Å²) in [6, 6.07) is 10.3. The number of benzene rings is 2. The molecule has 46 heavy (non-hydrogen) atoms. The van der Waals surface area contributed by atoms with Crippen LogP contribution in [0.25, 0.3) is 11.1 Å². The van der Waals surface area contributed by atoms with Gasteiger partial charge in [-0.15, -0.1) is 0 Å². The Labute approximate surface area is 267 Å². The number of rotatable bonds is 8. The minimum atomic E-state index is -2.66. The Hall–Kier alpha value is -4.37. The van der Waals surface area contributed by atoms with Crippen LogP contribution < -0.4 is 0 Å². The number of fused-ring (bicyclic) bond motifs is 3. The molecule has 2 aromatic rings. The molecule has 242 valence electrons. The first-order chi connectivity index (χ1) is 21.4. The molecule has 0 radical (unpaired) electrons. The van der Waals surface area contributed by atoms with Crippen molar-refractivity contribution in [2.24, 2.45) is 22.7 Å². The predicted molar refractivity (Wildman–Crippen MR) is 169 cm³/mol. The van der Waals surface area contributed by atoms with Gasteiger partial charge in [-0.05, 0) is 60.9 Å². The molecule has 0 saturated heterocycles. The van der Waals surface area contributed by atoms with Crippen molar-refractivity contribution in [3.05, 3.63) is 75.8 Å². The monoisotopic (exact) mass is 628 g/mol. The summed E-state index contributed by atoms with van der Waals surface area (Å²) in [4.78, 5) is 64.3. The Morgan fingerprint density at radius 2 is 1.57 bits per heavy atom. The zero-order valence-electron chi connectivity index (χ0n) is 27.0. The first-order valence-corrected chi connectivity index (χ1v) is 15.5. The quantitative estimate of drug-likeness (QED) is 0.276. The van der Waals surface area contributed by atoms with E-state index in [1.165, 1.54) is 13.0 Å². The van der Waals surface area contributed by atoms with Crippen molar-refractivity contribution in [2.75, 3.05) is 0 Å². The van der Waals surface area contributed by atoms with Gasteiger partial charge in [-0.3, -0.25) is 19.2 Å². The number of hydrogen-bond acceptors (Lipinski definition) is 9. The van der Waals surface area contributed by atoms with Crippen LogP contribution in [-0.4, -0.2) is 54.9 Å². The number of phenols is 1. The molecular weight excluding hydrogens is 588 g/mol. The van der Waals surface area contributed by atoms with Crippen LogP contribution in [0, 0.1) is 22.7 Å².